The zero-order chi connectivity index (χ0) is 21.7. The van der Waals surface area contributed by atoms with Crippen molar-refractivity contribution in [3.05, 3.63) is 75.7 Å². The van der Waals surface area contributed by atoms with E-state index in [9.17, 15) is 9.59 Å². The number of carbonyl (C=O) groups is 2. The Labute approximate surface area is 185 Å². The highest BCUT2D eigenvalue weighted by Crippen LogP contribution is 2.37. The first-order chi connectivity index (χ1) is 14.5. The van der Waals surface area contributed by atoms with Gasteiger partial charge in [-0.25, -0.2) is 0 Å². The van der Waals surface area contributed by atoms with Gasteiger partial charge >= 0.3 is 0 Å². The van der Waals surface area contributed by atoms with Crippen LogP contribution in [0.15, 0.2) is 54.0 Å². The maximum atomic E-state index is 12.4. The maximum absolute atomic E-state index is 12.4. The van der Waals surface area contributed by atoms with Crippen molar-refractivity contribution in [3.63, 3.8) is 0 Å². The van der Waals surface area contributed by atoms with E-state index in [0.717, 1.165) is 28.5 Å². The van der Waals surface area contributed by atoms with Crippen molar-refractivity contribution in [2.24, 2.45) is 0 Å². The number of rotatable bonds is 8. The first kappa shape index (κ1) is 22.0. The summed E-state index contributed by atoms with van der Waals surface area (Å²) in [6.07, 6.45) is 4.04. The summed E-state index contributed by atoms with van der Waals surface area (Å²) in [5.41, 5.74) is 2.60. The van der Waals surface area contributed by atoms with E-state index in [1.54, 1.807) is 32.3 Å². The van der Waals surface area contributed by atoms with E-state index in [4.69, 9.17) is 21.1 Å². The third-order valence-electron chi connectivity index (χ3n) is 4.52. The number of methoxy groups -OCH3 is 1. The van der Waals surface area contributed by atoms with E-state index in [-0.39, 0.29) is 11.1 Å². The van der Waals surface area contributed by atoms with Crippen molar-refractivity contribution in [2.75, 3.05) is 13.7 Å². The quantitative estimate of drug-likeness (QED) is 0.386. The van der Waals surface area contributed by atoms with Gasteiger partial charge in [0.2, 0.25) is 0 Å². The van der Waals surface area contributed by atoms with Gasteiger partial charge in [-0.2, -0.15) is 0 Å². The molecule has 0 aromatic heterocycles. The van der Waals surface area contributed by atoms with Crippen molar-refractivity contribution < 1.29 is 19.1 Å². The number of nitrogens with zero attached hydrogens (tertiary/aromatic N) is 1. The number of halogens is 1. The summed E-state index contributed by atoms with van der Waals surface area (Å²) >= 11 is 6.88. The van der Waals surface area contributed by atoms with Crippen molar-refractivity contribution in [3.8, 4) is 11.5 Å². The molecule has 2 aromatic carbocycles. The lowest BCUT2D eigenvalue weighted by atomic mass is 10.0. The zero-order valence-electron chi connectivity index (χ0n) is 16.8. The van der Waals surface area contributed by atoms with E-state index in [1.165, 1.54) is 4.90 Å². The summed E-state index contributed by atoms with van der Waals surface area (Å²) in [4.78, 5) is 26.0. The Balaban J connectivity index is 1.92. The summed E-state index contributed by atoms with van der Waals surface area (Å²) in [6.45, 7) is 6.30. The number of ether oxygens (including phenoxy) is 2. The number of amides is 2. The average molecular weight is 444 g/mol. The molecule has 5 nitrogen and oxygen atoms in total. The summed E-state index contributed by atoms with van der Waals surface area (Å²) in [5, 5.41) is 0.412. The molecule has 1 fully saturated rings. The number of imide groups is 1. The minimum atomic E-state index is -0.278. The van der Waals surface area contributed by atoms with Crippen LogP contribution in [0, 0.1) is 0 Å². The Hall–Kier alpha value is -2.70. The average Bonchev–Trinajstić information content (AvgIpc) is 3.00. The first-order valence-electron chi connectivity index (χ1n) is 9.41. The van der Waals surface area contributed by atoms with Crippen LogP contribution in [0.5, 0.6) is 11.5 Å². The Bertz CT molecular complexity index is 1000. The van der Waals surface area contributed by atoms with E-state index >= 15 is 0 Å². The molecule has 0 N–H and O–H groups in total. The lowest BCUT2D eigenvalue weighted by Crippen LogP contribution is -2.27. The number of benzene rings is 2. The van der Waals surface area contributed by atoms with Gasteiger partial charge in [-0.15, -0.1) is 6.58 Å². The molecular weight excluding hydrogens is 422 g/mol. The molecule has 2 aromatic rings. The molecule has 7 heteroatoms. The smallest absolute Gasteiger partial charge is 0.293 e. The number of likely N-dealkylation sites (N-methyl/N-ethyl adjacent to an activating group) is 1. The summed E-state index contributed by atoms with van der Waals surface area (Å²) < 4.78 is 11.6. The summed E-state index contributed by atoms with van der Waals surface area (Å²) in [5.74, 6) is 0.884. The van der Waals surface area contributed by atoms with Crippen LogP contribution in [-0.4, -0.2) is 29.7 Å². The van der Waals surface area contributed by atoms with Crippen molar-refractivity contribution >= 4 is 40.6 Å². The van der Waals surface area contributed by atoms with Gasteiger partial charge in [0.1, 0.15) is 6.61 Å². The van der Waals surface area contributed by atoms with Crippen molar-refractivity contribution in [1.82, 2.24) is 4.90 Å². The second-order valence-corrected chi connectivity index (χ2v) is 7.97. The lowest BCUT2D eigenvalue weighted by molar-refractivity contribution is -0.122. The lowest BCUT2D eigenvalue weighted by Gasteiger charge is -2.16. The minimum absolute atomic E-state index is 0.255. The second kappa shape index (κ2) is 9.87. The molecular formula is C23H22ClNO4S. The molecule has 156 valence electrons. The van der Waals surface area contributed by atoms with E-state index < -0.39 is 0 Å². The number of hydrogen-bond acceptors (Lipinski definition) is 5. The number of carbonyl (C=O) groups excluding carboxylic acids is 2. The normalized spacial score (nSPS) is 15.0. The Morgan fingerprint density at radius 3 is 2.53 bits per heavy atom. The molecule has 0 atom stereocenters. The maximum Gasteiger partial charge on any atom is 0.293 e. The largest absolute Gasteiger partial charge is 0.493 e. The Morgan fingerprint density at radius 2 is 1.93 bits per heavy atom. The van der Waals surface area contributed by atoms with Gasteiger partial charge in [0, 0.05) is 17.1 Å². The topological polar surface area (TPSA) is 55.8 Å². The van der Waals surface area contributed by atoms with Crippen LogP contribution < -0.4 is 9.47 Å². The fourth-order valence-electron chi connectivity index (χ4n) is 3.05. The third-order valence-corrected chi connectivity index (χ3v) is 5.68. The fraction of sp³-hybridized carbons (Fsp3) is 0.217. The highest BCUT2D eigenvalue weighted by Gasteiger charge is 2.33. The minimum Gasteiger partial charge on any atom is -0.493 e. The number of thioether (sulfide) groups is 1. The Morgan fingerprint density at radius 1 is 1.20 bits per heavy atom. The van der Waals surface area contributed by atoms with Crippen LogP contribution in [-0.2, 0) is 17.8 Å². The fourth-order valence-corrected chi connectivity index (χ4v) is 4.08. The monoisotopic (exact) mass is 443 g/mol. The molecule has 0 aliphatic carbocycles. The molecule has 0 unspecified atom stereocenters. The van der Waals surface area contributed by atoms with Crippen molar-refractivity contribution in [1.29, 1.82) is 0 Å². The molecule has 3 rings (SSSR count). The van der Waals surface area contributed by atoms with Gasteiger partial charge in [-0.1, -0.05) is 29.8 Å². The standard InChI is InChI=1S/C23H22ClNO4S/c1-4-6-17-11-16(13-20-22(26)25(5-2)23(27)30-20)12-19(28-3)21(17)29-14-15-7-9-18(24)10-8-15/h4,7-13H,1,5-6,14H2,2-3H3/b20-13+. The predicted octanol–water partition coefficient (Wildman–Crippen LogP) is 5.71. The van der Waals surface area contributed by atoms with Gasteiger partial charge in [-0.05, 0) is 66.6 Å². The molecule has 0 radical (unpaired) electrons. The first-order valence-corrected chi connectivity index (χ1v) is 10.6. The molecule has 2 amide bonds. The third kappa shape index (κ3) is 4.89. The van der Waals surface area contributed by atoms with Gasteiger partial charge in [0.25, 0.3) is 11.1 Å². The van der Waals surface area contributed by atoms with Crippen LogP contribution in [0.4, 0.5) is 4.79 Å². The van der Waals surface area contributed by atoms with Crippen LogP contribution >= 0.6 is 23.4 Å². The zero-order valence-corrected chi connectivity index (χ0v) is 18.4. The Kier molecular flexibility index (Phi) is 7.24. The second-order valence-electron chi connectivity index (χ2n) is 6.55. The molecule has 0 bridgehead atoms. The predicted molar refractivity (Wildman–Crippen MR) is 121 cm³/mol. The van der Waals surface area contributed by atoms with E-state index in [2.05, 4.69) is 6.58 Å². The van der Waals surface area contributed by atoms with Crippen molar-refractivity contribution in [2.45, 2.75) is 20.0 Å². The number of allylic oxidation sites excluding steroid dienone is 1. The van der Waals surface area contributed by atoms with Crippen LogP contribution in [0.25, 0.3) is 6.08 Å². The van der Waals surface area contributed by atoms with Crippen LogP contribution in [0.2, 0.25) is 5.02 Å². The molecule has 30 heavy (non-hydrogen) atoms. The van der Waals surface area contributed by atoms with E-state index in [1.807, 2.05) is 30.3 Å². The molecule has 0 spiro atoms. The van der Waals surface area contributed by atoms with Gasteiger partial charge in [0.05, 0.1) is 12.0 Å². The highest BCUT2D eigenvalue weighted by atomic mass is 35.5. The molecule has 1 saturated heterocycles. The van der Waals surface area contributed by atoms with Gasteiger partial charge in [0.15, 0.2) is 11.5 Å². The molecule has 1 aliphatic rings. The van der Waals surface area contributed by atoms with Gasteiger partial charge in [-0.3, -0.25) is 14.5 Å². The van der Waals surface area contributed by atoms with Gasteiger partial charge < -0.3 is 9.47 Å². The number of hydrogen-bond donors (Lipinski definition) is 0. The molecule has 1 aliphatic heterocycles. The SMILES string of the molecule is C=CCc1cc(/C=C2/SC(=O)N(CC)C2=O)cc(OC)c1OCc1ccc(Cl)cc1. The molecule has 1 heterocycles. The summed E-state index contributed by atoms with van der Waals surface area (Å²) in [7, 11) is 1.57. The van der Waals surface area contributed by atoms with Crippen LogP contribution in [0.1, 0.15) is 23.6 Å². The summed E-state index contributed by atoms with van der Waals surface area (Å²) in [6, 6.07) is 11.1. The van der Waals surface area contributed by atoms with Crippen LogP contribution in [0.3, 0.4) is 0 Å². The van der Waals surface area contributed by atoms with E-state index in [0.29, 0.717) is 41.0 Å². The highest BCUT2D eigenvalue weighted by molar-refractivity contribution is 8.18. The molecule has 0 saturated carbocycles.